The van der Waals surface area contributed by atoms with Crippen LogP contribution in [0, 0.1) is 6.92 Å². The first-order valence-electron chi connectivity index (χ1n) is 7.38. The third-order valence-corrected chi connectivity index (χ3v) is 3.12. The summed E-state index contributed by atoms with van der Waals surface area (Å²) in [6.45, 7) is 1.50. The van der Waals surface area contributed by atoms with Crippen LogP contribution in [0.3, 0.4) is 0 Å². The van der Waals surface area contributed by atoms with E-state index in [9.17, 15) is 22.8 Å². The van der Waals surface area contributed by atoms with E-state index in [0.717, 1.165) is 29.8 Å². The molecule has 0 aliphatic heterocycles. The smallest absolute Gasteiger partial charge is 0.483 e. The lowest BCUT2D eigenvalue weighted by Gasteiger charge is -2.11. The zero-order chi connectivity index (χ0) is 19.2. The first-order valence-corrected chi connectivity index (χ1v) is 7.38. The summed E-state index contributed by atoms with van der Waals surface area (Å²) in [4.78, 5) is 23.5. The van der Waals surface area contributed by atoms with Gasteiger partial charge in [-0.2, -0.15) is 0 Å². The molecule has 0 atom stereocenters. The summed E-state index contributed by atoms with van der Waals surface area (Å²) in [5, 5.41) is 0. The normalized spacial score (nSPS) is 10.8. The van der Waals surface area contributed by atoms with Crippen molar-refractivity contribution < 1.29 is 32.2 Å². The number of para-hydroxylation sites is 1. The molecule has 0 spiro atoms. The number of hydrogen-bond acceptors (Lipinski definition) is 4. The Hall–Kier alpha value is -3.23. The number of aryl methyl sites for hydroxylation is 1. The summed E-state index contributed by atoms with van der Waals surface area (Å²) >= 11 is 0. The first-order chi connectivity index (χ1) is 12.2. The quantitative estimate of drug-likeness (QED) is 0.796. The molecular formula is C17H15F3N2O4. The summed E-state index contributed by atoms with van der Waals surface area (Å²) in [7, 11) is 0. The molecule has 2 rings (SSSR count). The van der Waals surface area contributed by atoms with Gasteiger partial charge < -0.3 is 9.47 Å². The summed E-state index contributed by atoms with van der Waals surface area (Å²) in [6.07, 6.45) is -4.81. The molecule has 2 aromatic rings. The number of hydrazine groups is 1. The minimum atomic E-state index is -4.81. The minimum absolute atomic E-state index is 0.0413. The molecule has 2 aromatic carbocycles. The fourth-order valence-corrected chi connectivity index (χ4v) is 1.90. The standard InChI is InChI=1S/C17H15F3N2O4/c1-11-4-2-3-5-14(11)25-10-15(23)21-22-16(24)12-6-8-13(9-7-12)26-17(18,19)20/h2-9H,10H2,1H3,(H,21,23)(H,22,24). The van der Waals surface area contributed by atoms with Gasteiger partial charge >= 0.3 is 6.36 Å². The number of halogens is 3. The molecule has 2 amide bonds. The fraction of sp³-hybridized carbons (Fsp3) is 0.176. The fourth-order valence-electron chi connectivity index (χ4n) is 1.90. The monoisotopic (exact) mass is 368 g/mol. The molecule has 0 aliphatic rings. The van der Waals surface area contributed by atoms with E-state index in [1.54, 1.807) is 12.1 Å². The van der Waals surface area contributed by atoms with Crippen molar-refractivity contribution in [3.63, 3.8) is 0 Å². The molecule has 9 heteroatoms. The number of nitrogens with one attached hydrogen (secondary N) is 2. The largest absolute Gasteiger partial charge is 0.573 e. The second-order valence-electron chi connectivity index (χ2n) is 5.13. The highest BCUT2D eigenvalue weighted by Crippen LogP contribution is 2.22. The van der Waals surface area contributed by atoms with Crippen LogP contribution in [0.15, 0.2) is 48.5 Å². The van der Waals surface area contributed by atoms with Crippen molar-refractivity contribution >= 4 is 11.8 Å². The summed E-state index contributed by atoms with van der Waals surface area (Å²) in [5.41, 5.74) is 5.18. The van der Waals surface area contributed by atoms with Crippen LogP contribution in [-0.4, -0.2) is 24.8 Å². The van der Waals surface area contributed by atoms with Crippen LogP contribution < -0.4 is 20.3 Å². The number of carbonyl (C=O) groups excluding carboxylic acids is 2. The van der Waals surface area contributed by atoms with E-state index < -0.39 is 23.9 Å². The van der Waals surface area contributed by atoms with Gasteiger partial charge in [-0.1, -0.05) is 18.2 Å². The molecule has 0 heterocycles. The number of amides is 2. The van der Waals surface area contributed by atoms with E-state index in [4.69, 9.17) is 4.74 Å². The van der Waals surface area contributed by atoms with Gasteiger partial charge in [0.05, 0.1) is 0 Å². The molecule has 0 aliphatic carbocycles. The molecule has 0 fully saturated rings. The number of ether oxygens (including phenoxy) is 2. The Kier molecular flexibility index (Phi) is 6.05. The van der Waals surface area contributed by atoms with Crippen molar-refractivity contribution in [2.24, 2.45) is 0 Å². The van der Waals surface area contributed by atoms with Crippen LogP contribution in [-0.2, 0) is 4.79 Å². The molecule has 0 radical (unpaired) electrons. The third-order valence-electron chi connectivity index (χ3n) is 3.12. The highest BCUT2D eigenvalue weighted by molar-refractivity contribution is 5.95. The van der Waals surface area contributed by atoms with Gasteiger partial charge in [0, 0.05) is 5.56 Å². The van der Waals surface area contributed by atoms with Gasteiger partial charge in [0.25, 0.3) is 11.8 Å². The van der Waals surface area contributed by atoms with E-state index in [-0.39, 0.29) is 12.2 Å². The topological polar surface area (TPSA) is 76.7 Å². The first kappa shape index (κ1) is 19.1. The van der Waals surface area contributed by atoms with Crippen molar-refractivity contribution in [3.05, 3.63) is 59.7 Å². The molecule has 138 valence electrons. The number of hydrogen-bond donors (Lipinski definition) is 2. The molecule has 6 nitrogen and oxygen atoms in total. The van der Waals surface area contributed by atoms with Crippen LogP contribution in [0.1, 0.15) is 15.9 Å². The third kappa shape index (κ3) is 6.00. The number of carbonyl (C=O) groups is 2. The predicted molar refractivity (Wildman–Crippen MR) is 85.4 cm³/mol. The maximum absolute atomic E-state index is 12.1. The predicted octanol–water partition coefficient (Wildman–Crippen LogP) is 2.73. The summed E-state index contributed by atoms with van der Waals surface area (Å²) in [5.74, 6) is -1.22. The van der Waals surface area contributed by atoms with E-state index in [1.165, 1.54) is 0 Å². The maximum Gasteiger partial charge on any atom is 0.573 e. The lowest BCUT2D eigenvalue weighted by molar-refractivity contribution is -0.274. The molecule has 0 bridgehead atoms. The Labute approximate surface area is 146 Å². The number of benzene rings is 2. The van der Waals surface area contributed by atoms with Crippen molar-refractivity contribution in [3.8, 4) is 11.5 Å². The van der Waals surface area contributed by atoms with Crippen molar-refractivity contribution in [2.75, 3.05) is 6.61 Å². The summed E-state index contributed by atoms with van der Waals surface area (Å²) in [6, 6.07) is 11.4. The SMILES string of the molecule is Cc1ccccc1OCC(=O)NNC(=O)c1ccc(OC(F)(F)F)cc1. The average Bonchev–Trinajstić information content (AvgIpc) is 2.58. The van der Waals surface area contributed by atoms with Crippen molar-refractivity contribution in [1.29, 1.82) is 0 Å². The van der Waals surface area contributed by atoms with Gasteiger partial charge in [0.2, 0.25) is 0 Å². The van der Waals surface area contributed by atoms with Gasteiger partial charge in [-0.05, 0) is 42.8 Å². The Balaban J connectivity index is 1.80. The van der Waals surface area contributed by atoms with E-state index in [1.807, 2.05) is 19.1 Å². The van der Waals surface area contributed by atoms with Gasteiger partial charge in [-0.15, -0.1) is 13.2 Å². The van der Waals surface area contributed by atoms with Crippen molar-refractivity contribution in [1.82, 2.24) is 10.9 Å². The number of alkyl halides is 3. The van der Waals surface area contributed by atoms with Gasteiger partial charge in [0.1, 0.15) is 11.5 Å². The zero-order valence-electron chi connectivity index (χ0n) is 13.6. The highest BCUT2D eigenvalue weighted by Gasteiger charge is 2.31. The summed E-state index contributed by atoms with van der Waals surface area (Å²) < 4.78 is 45.2. The van der Waals surface area contributed by atoms with Gasteiger partial charge in [-0.25, -0.2) is 0 Å². The second-order valence-corrected chi connectivity index (χ2v) is 5.13. The Morgan fingerprint density at radius 1 is 1.00 bits per heavy atom. The maximum atomic E-state index is 12.1. The van der Waals surface area contributed by atoms with Crippen molar-refractivity contribution in [2.45, 2.75) is 13.3 Å². The molecule has 0 saturated carbocycles. The molecule has 2 N–H and O–H groups in total. The lowest BCUT2D eigenvalue weighted by Crippen LogP contribution is -2.43. The van der Waals surface area contributed by atoms with Gasteiger partial charge in [-0.3, -0.25) is 20.4 Å². The van der Waals surface area contributed by atoms with E-state index >= 15 is 0 Å². The Bertz CT molecular complexity index is 776. The van der Waals surface area contributed by atoms with E-state index in [0.29, 0.717) is 5.75 Å². The number of rotatable bonds is 5. The van der Waals surface area contributed by atoms with Crippen LogP contribution in [0.4, 0.5) is 13.2 Å². The second kappa shape index (κ2) is 8.24. The lowest BCUT2D eigenvalue weighted by atomic mass is 10.2. The molecule has 0 unspecified atom stereocenters. The van der Waals surface area contributed by atoms with Crippen LogP contribution in [0.25, 0.3) is 0 Å². The van der Waals surface area contributed by atoms with Crippen LogP contribution >= 0.6 is 0 Å². The molecular weight excluding hydrogens is 353 g/mol. The van der Waals surface area contributed by atoms with E-state index in [2.05, 4.69) is 15.6 Å². The average molecular weight is 368 g/mol. The zero-order valence-corrected chi connectivity index (χ0v) is 13.6. The van der Waals surface area contributed by atoms with Crippen LogP contribution in [0.2, 0.25) is 0 Å². The molecule has 26 heavy (non-hydrogen) atoms. The molecule has 0 aromatic heterocycles. The minimum Gasteiger partial charge on any atom is -0.483 e. The Morgan fingerprint density at radius 2 is 1.65 bits per heavy atom. The van der Waals surface area contributed by atoms with Crippen LogP contribution in [0.5, 0.6) is 11.5 Å². The Morgan fingerprint density at radius 3 is 2.27 bits per heavy atom. The molecule has 0 saturated heterocycles. The van der Waals surface area contributed by atoms with Gasteiger partial charge in [0.15, 0.2) is 6.61 Å². The highest BCUT2D eigenvalue weighted by atomic mass is 19.4.